The van der Waals surface area contributed by atoms with Crippen LogP contribution in [0.2, 0.25) is 0 Å². The molecule has 1 aromatic heterocycles. The van der Waals surface area contributed by atoms with Crippen molar-refractivity contribution in [3.8, 4) is 0 Å². The quantitative estimate of drug-likeness (QED) is 0.767. The fraction of sp³-hybridized carbons (Fsp3) is 0. The van der Waals surface area contributed by atoms with Crippen LogP contribution in [0, 0.1) is 0 Å². The summed E-state index contributed by atoms with van der Waals surface area (Å²) >= 11 is 0. The van der Waals surface area contributed by atoms with E-state index in [1.165, 1.54) is 18.2 Å². The number of carboxylic acids is 1. The molecular weight excluding hydrogens is 316 g/mol. The maximum Gasteiger partial charge on any atom is 0.354 e. The van der Waals surface area contributed by atoms with Gasteiger partial charge in [0.15, 0.2) is 0 Å². The van der Waals surface area contributed by atoms with Crippen LogP contribution < -0.4 is 4.72 Å². The van der Waals surface area contributed by atoms with Crippen LogP contribution in [0.1, 0.15) is 10.5 Å². The highest BCUT2D eigenvalue weighted by Crippen LogP contribution is 2.24. The highest BCUT2D eigenvalue weighted by atomic mass is 32.2. The smallest absolute Gasteiger partial charge is 0.354 e. The van der Waals surface area contributed by atoms with E-state index in [1.807, 2.05) is 0 Å². The highest BCUT2D eigenvalue weighted by Gasteiger charge is 2.16. The number of benzene rings is 2. The molecule has 23 heavy (non-hydrogen) atoms. The number of carbonyl (C=O) groups is 1. The number of nitrogens with one attached hydrogen (secondary N) is 1. The van der Waals surface area contributed by atoms with Gasteiger partial charge in [-0.1, -0.05) is 36.4 Å². The average Bonchev–Trinajstić information content (AvgIpc) is 2.55. The summed E-state index contributed by atoms with van der Waals surface area (Å²) in [6.07, 6.45) is 0. The Morgan fingerprint density at radius 3 is 2.39 bits per heavy atom. The van der Waals surface area contributed by atoms with Crippen LogP contribution in [0.4, 0.5) is 5.69 Å². The Labute approximate surface area is 132 Å². The molecule has 0 unspecified atom stereocenters. The van der Waals surface area contributed by atoms with Gasteiger partial charge >= 0.3 is 5.97 Å². The number of anilines is 1. The Morgan fingerprint density at radius 2 is 1.70 bits per heavy atom. The van der Waals surface area contributed by atoms with E-state index in [9.17, 15) is 13.2 Å². The zero-order valence-corrected chi connectivity index (χ0v) is 12.6. The van der Waals surface area contributed by atoms with E-state index in [0.29, 0.717) is 5.39 Å². The van der Waals surface area contributed by atoms with E-state index >= 15 is 0 Å². The van der Waals surface area contributed by atoms with Crippen molar-refractivity contribution in [2.24, 2.45) is 0 Å². The fourth-order valence-corrected chi connectivity index (χ4v) is 3.24. The summed E-state index contributed by atoms with van der Waals surface area (Å²) < 4.78 is 27.3. The number of carboxylic acid groups (broad SMARTS) is 1. The summed E-state index contributed by atoms with van der Waals surface area (Å²) in [6.45, 7) is 0. The van der Waals surface area contributed by atoms with Crippen molar-refractivity contribution < 1.29 is 18.3 Å². The van der Waals surface area contributed by atoms with E-state index in [2.05, 4.69) is 9.71 Å². The first kappa shape index (κ1) is 15.0. The molecule has 0 saturated carbocycles. The molecule has 0 fully saturated rings. The standard InChI is InChI=1S/C16H12N2O4S/c19-16(20)14-10-9-11-5-4-8-13(15(11)17-14)18-23(21,22)12-6-2-1-3-7-12/h1-10,18H,(H,19,20). The van der Waals surface area contributed by atoms with Crippen molar-refractivity contribution in [2.75, 3.05) is 4.72 Å². The molecule has 2 N–H and O–H groups in total. The number of hydrogen-bond donors (Lipinski definition) is 2. The van der Waals surface area contributed by atoms with Gasteiger partial charge in [0.25, 0.3) is 10.0 Å². The predicted molar refractivity (Wildman–Crippen MR) is 86.0 cm³/mol. The molecule has 0 spiro atoms. The third-order valence-electron chi connectivity index (χ3n) is 3.24. The fourth-order valence-electron chi connectivity index (χ4n) is 2.15. The summed E-state index contributed by atoms with van der Waals surface area (Å²) in [5, 5.41) is 9.69. The summed E-state index contributed by atoms with van der Waals surface area (Å²) in [5.74, 6) is -1.17. The molecule has 0 bridgehead atoms. The Kier molecular flexibility index (Phi) is 3.71. The molecule has 3 aromatic rings. The maximum atomic E-state index is 12.4. The number of aromatic nitrogens is 1. The van der Waals surface area contributed by atoms with Gasteiger partial charge in [-0.15, -0.1) is 0 Å². The second-order valence-corrected chi connectivity index (χ2v) is 6.48. The van der Waals surface area contributed by atoms with Gasteiger partial charge in [0, 0.05) is 5.39 Å². The van der Waals surface area contributed by atoms with Gasteiger partial charge in [0.05, 0.1) is 16.1 Å². The van der Waals surface area contributed by atoms with Gasteiger partial charge in [-0.05, 0) is 24.3 Å². The topological polar surface area (TPSA) is 96.4 Å². The van der Waals surface area contributed by atoms with Gasteiger partial charge in [-0.3, -0.25) is 4.72 Å². The lowest BCUT2D eigenvalue weighted by molar-refractivity contribution is 0.0691. The zero-order chi connectivity index (χ0) is 16.4. The second-order valence-electron chi connectivity index (χ2n) is 4.80. The summed E-state index contributed by atoms with van der Waals surface area (Å²) in [5.41, 5.74) is 0.366. The van der Waals surface area contributed by atoms with Gasteiger partial charge in [0.1, 0.15) is 5.69 Å². The minimum atomic E-state index is -3.78. The first-order valence-electron chi connectivity index (χ1n) is 6.68. The summed E-state index contributed by atoms with van der Waals surface area (Å²) in [6, 6.07) is 15.8. The Hall–Kier alpha value is -2.93. The lowest BCUT2D eigenvalue weighted by atomic mass is 10.2. The SMILES string of the molecule is O=C(O)c1ccc2cccc(NS(=O)(=O)c3ccccc3)c2n1. The highest BCUT2D eigenvalue weighted by molar-refractivity contribution is 7.92. The molecule has 0 aliphatic rings. The van der Waals surface area contributed by atoms with Gasteiger partial charge in [0.2, 0.25) is 0 Å². The Bertz CT molecular complexity index is 985. The van der Waals surface area contributed by atoms with Crippen LogP contribution in [-0.4, -0.2) is 24.5 Å². The van der Waals surface area contributed by atoms with Crippen LogP contribution >= 0.6 is 0 Å². The number of aromatic carboxylic acids is 1. The molecule has 0 aliphatic heterocycles. The van der Waals surface area contributed by atoms with E-state index in [1.54, 1.807) is 42.5 Å². The molecular formula is C16H12N2O4S. The maximum absolute atomic E-state index is 12.4. The predicted octanol–water partition coefficient (Wildman–Crippen LogP) is 2.73. The molecule has 7 heteroatoms. The summed E-state index contributed by atoms with van der Waals surface area (Å²) in [7, 11) is -3.78. The van der Waals surface area contributed by atoms with E-state index < -0.39 is 16.0 Å². The van der Waals surface area contributed by atoms with Crippen molar-refractivity contribution in [3.05, 3.63) is 66.4 Å². The minimum Gasteiger partial charge on any atom is -0.477 e. The molecule has 0 radical (unpaired) electrons. The molecule has 3 rings (SSSR count). The Balaban J connectivity index is 2.10. The van der Waals surface area contributed by atoms with Gasteiger partial charge in [-0.25, -0.2) is 18.2 Å². The van der Waals surface area contributed by atoms with Crippen LogP contribution in [0.25, 0.3) is 10.9 Å². The first-order chi connectivity index (χ1) is 11.0. The zero-order valence-electron chi connectivity index (χ0n) is 11.8. The normalized spacial score (nSPS) is 11.3. The molecule has 0 aliphatic carbocycles. The van der Waals surface area contributed by atoms with Crippen molar-refractivity contribution in [3.63, 3.8) is 0 Å². The number of nitrogens with zero attached hydrogens (tertiary/aromatic N) is 1. The van der Waals surface area contributed by atoms with E-state index in [4.69, 9.17) is 5.11 Å². The third-order valence-corrected chi connectivity index (χ3v) is 4.62. The molecule has 0 saturated heterocycles. The number of pyridine rings is 1. The van der Waals surface area contributed by atoms with Crippen molar-refractivity contribution in [2.45, 2.75) is 4.90 Å². The third kappa shape index (κ3) is 3.00. The van der Waals surface area contributed by atoms with Crippen LogP contribution in [0.15, 0.2) is 65.6 Å². The number of para-hydroxylation sites is 1. The van der Waals surface area contributed by atoms with Gasteiger partial charge in [-0.2, -0.15) is 0 Å². The molecule has 0 amide bonds. The molecule has 2 aromatic carbocycles. The molecule has 1 heterocycles. The number of hydrogen-bond acceptors (Lipinski definition) is 4. The molecule has 6 nitrogen and oxygen atoms in total. The monoisotopic (exact) mass is 328 g/mol. The molecule has 116 valence electrons. The van der Waals surface area contributed by atoms with Gasteiger partial charge < -0.3 is 5.11 Å². The first-order valence-corrected chi connectivity index (χ1v) is 8.17. The second kappa shape index (κ2) is 5.69. The van der Waals surface area contributed by atoms with Crippen molar-refractivity contribution in [1.29, 1.82) is 0 Å². The lowest BCUT2D eigenvalue weighted by Crippen LogP contribution is -2.13. The number of fused-ring (bicyclic) bond motifs is 1. The van der Waals surface area contributed by atoms with Crippen LogP contribution in [0.3, 0.4) is 0 Å². The largest absolute Gasteiger partial charge is 0.477 e. The van der Waals surface area contributed by atoms with Crippen LogP contribution in [0.5, 0.6) is 0 Å². The Morgan fingerprint density at radius 1 is 0.957 bits per heavy atom. The average molecular weight is 328 g/mol. The lowest BCUT2D eigenvalue weighted by Gasteiger charge is -2.10. The van der Waals surface area contributed by atoms with Crippen molar-refractivity contribution >= 4 is 32.6 Å². The number of rotatable bonds is 4. The summed E-state index contributed by atoms with van der Waals surface area (Å²) in [4.78, 5) is 15.2. The number of sulfonamides is 1. The van der Waals surface area contributed by atoms with Crippen molar-refractivity contribution in [1.82, 2.24) is 4.98 Å². The minimum absolute atomic E-state index is 0.117. The van der Waals surface area contributed by atoms with E-state index in [0.717, 1.165) is 0 Å². The van der Waals surface area contributed by atoms with Crippen LogP contribution in [-0.2, 0) is 10.0 Å². The molecule has 0 atom stereocenters. The van der Waals surface area contributed by atoms with E-state index in [-0.39, 0.29) is 21.8 Å².